The molecule has 0 radical (unpaired) electrons. The third-order valence-corrected chi connectivity index (χ3v) is 5.23. The summed E-state index contributed by atoms with van der Waals surface area (Å²) >= 11 is 5.86. The summed E-state index contributed by atoms with van der Waals surface area (Å²) in [5.41, 5.74) is 4.38. The highest BCUT2D eigenvalue weighted by Crippen LogP contribution is 2.31. The van der Waals surface area contributed by atoms with Crippen molar-refractivity contribution in [2.45, 2.75) is 32.9 Å². The number of nitrogens with one attached hydrogen (secondary N) is 1. The zero-order chi connectivity index (χ0) is 21.5. The minimum absolute atomic E-state index is 0.00366. The number of thiocarbonyl (C=S) groups is 1. The second kappa shape index (κ2) is 10.1. The molecule has 0 amide bonds. The van der Waals surface area contributed by atoms with Gasteiger partial charge in [0.15, 0.2) is 5.11 Å². The van der Waals surface area contributed by atoms with E-state index in [1.165, 1.54) is 5.56 Å². The lowest BCUT2D eigenvalue weighted by Crippen LogP contribution is -2.37. The van der Waals surface area contributed by atoms with E-state index in [4.69, 9.17) is 21.4 Å². The number of methoxy groups -OCH3 is 1. The van der Waals surface area contributed by atoms with E-state index in [0.717, 1.165) is 34.8 Å². The smallest absolute Gasteiger partial charge is 0.174 e. The van der Waals surface area contributed by atoms with Gasteiger partial charge in [-0.25, -0.2) is 0 Å². The van der Waals surface area contributed by atoms with Crippen LogP contribution in [0.25, 0.3) is 0 Å². The molecular weight excluding hydrogens is 392 g/mol. The van der Waals surface area contributed by atoms with Crippen molar-refractivity contribution in [2.24, 2.45) is 0 Å². The molecule has 0 saturated carbocycles. The molecule has 0 fully saturated rings. The van der Waals surface area contributed by atoms with E-state index in [1.807, 2.05) is 43.3 Å². The Morgan fingerprint density at radius 2 is 1.83 bits per heavy atom. The summed E-state index contributed by atoms with van der Waals surface area (Å²) in [4.78, 5) is 2.16. The predicted octanol–water partition coefficient (Wildman–Crippen LogP) is 6.50. The molecular formula is C25H28N2O2S. The monoisotopic (exact) mass is 420 g/mol. The SMILES string of the molecule is C=C(C)CC(c1ccc(OC)cc1)N(Cc1ccco1)C(=S)Nc1ccc(C)cc1. The normalized spacial score (nSPS) is 11.6. The third-order valence-electron chi connectivity index (χ3n) is 4.89. The molecule has 0 spiro atoms. The largest absolute Gasteiger partial charge is 0.497 e. The average molecular weight is 421 g/mol. The van der Waals surface area contributed by atoms with Crippen LogP contribution in [0.3, 0.4) is 0 Å². The Morgan fingerprint density at radius 3 is 2.40 bits per heavy atom. The van der Waals surface area contributed by atoms with Crippen molar-refractivity contribution < 1.29 is 9.15 Å². The van der Waals surface area contributed by atoms with Gasteiger partial charge in [-0.2, -0.15) is 0 Å². The third kappa shape index (κ3) is 5.74. The van der Waals surface area contributed by atoms with Crippen molar-refractivity contribution in [1.29, 1.82) is 0 Å². The summed E-state index contributed by atoms with van der Waals surface area (Å²) in [5.74, 6) is 1.68. The Morgan fingerprint density at radius 1 is 1.13 bits per heavy atom. The number of furan rings is 1. The molecule has 3 rings (SSSR count). The fourth-order valence-corrected chi connectivity index (χ4v) is 3.60. The van der Waals surface area contributed by atoms with Gasteiger partial charge in [0.25, 0.3) is 0 Å². The first-order chi connectivity index (χ1) is 14.5. The molecule has 0 aliphatic heterocycles. The number of nitrogens with zero attached hydrogens (tertiary/aromatic N) is 1. The van der Waals surface area contributed by atoms with Crippen molar-refractivity contribution in [3.05, 3.63) is 96.0 Å². The molecule has 156 valence electrons. The van der Waals surface area contributed by atoms with E-state index in [-0.39, 0.29) is 6.04 Å². The van der Waals surface area contributed by atoms with Crippen LogP contribution in [0.15, 0.2) is 83.5 Å². The summed E-state index contributed by atoms with van der Waals surface area (Å²) in [6, 6.07) is 20.2. The second-order valence-electron chi connectivity index (χ2n) is 7.45. The van der Waals surface area contributed by atoms with Gasteiger partial charge in [-0.3, -0.25) is 0 Å². The Hall–Kier alpha value is -3.05. The molecule has 3 aromatic rings. The molecule has 0 saturated heterocycles. The van der Waals surface area contributed by atoms with Gasteiger partial charge in [0, 0.05) is 5.69 Å². The fraction of sp³-hybridized carbons (Fsp3) is 0.240. The highest BCUT2D eigenvalue weighted by Gasteiger charge is 2.24. The van der Waals surface area contributed by atoms with Gasteiger partial charge in [0.2, 0.25) is 0 Å². The van der Waals surface area contributed by atoms with Gasteiger partial charge in [-0.1, -0.05) is 35.4 Å². The molecule has 1 aromatic heterocycles. The second-order valence-corrected chi connectivity index (χ2v) is 7.84. The van der Waals surface area contributed by atoms with Gasteiger partial charge in [-0.05, 0) is 74.4 Å². The van der Waals surface area contributed by atoms with E-state index < -0.39 is 0 Å². The standard InChI is InChI=1S/C25H28N2O2S/c1-18(2)16-24(20-9-13-22(28-4)14-10-20)27(17-23-6-5-15-29-23)25(30)26-21-11-7-19(3)8-12-21/h5-15,24H,1,16-17H2,2-4H3,(H,26,30). The van der Waals surface area contributed by atoms with Crippen LogP contribution in [0.5, 0.6) is 5.75 Å². The molecule has 30 heavy (non-hydrogen) atoms. The van der Waals surface area contributed by atoms with Crippen LogP contribution >= 0.6 is 12.2 Å². The molecule has 1 heterocycles. The zero-order valence-electron chi connectivity index (χ0n) is 17.7. The summed E-state index contributed by atoms with van der Waals surface area (Å²) in [6.45, 7) is 8.81. The number of rotatable bonds is 8. The van der Waals surface area contributed by atoms with Gasteiger partial charge in [-0.15, -0.1) is 6.58 Å². The first kappa shape index (κ1) is 21.7. The van der Waals surface area contributed by atoms with Crippen molar-refractivity contribution in [3.63, 3.8) is 0 Å². The predicted molar refractivity (Wildman–Crippen MR) is 127 cm³/mol. The van der Waals surface area contributed by atoms with Crippen LogP contribution in [-0.4, -0.2) is 17.1 Å². The Kier molecular flexibility index (Phi) is 7.31. The highest BCUT2D eigenvalue weighted by molar-refractivity contribution is 7.80. The molecule has 0 bridgehead atoms. The van der Waals surface area contributed by atoms with Crippen molar-refractivity contribution in [1.82, 2.24) is 4.90 Å². The van der Waals surface area contributed by atoms with Crippen LogP contribution in [-0.2, 0) is 6.54 Å². The highest BCUT2D eigenvalue weighted by atomic mass is 32.1. The fourth-order valence-electron chi connectivity index (χ4n) is 3.29. The number of hydrogen-bond acceptors (Lipinski definition) is 3. The number of benzene rings is 2. The molecule has 4 nitrogen and oxygen atoms in total. The van der Waals surface area contributed by atoms with Gasteiger partial charge in [0.05, 0.1) is 26.0 Å². The molecule has 1 atom stereocenters. The lowest BCUT2D eigenvalue weighted by Gasteiger charge is -2.34. The van der Waals surface area contributed by atoms with Crippen LogP contribution in [0.2, 0.25) is 0 Å². The first-order valence-electron chi connectivity index (χ1n) is 9.91. The van der Waals surface area contributed by atoms with Crippen LogP contribution < -0.4 is 10.1 Å². The number of aryl methyl sites for hydroxylation is 1. The Labute approximate surface area is 184 Å². The van der Waals surface area contributed by atoms with E-state index in [0.29, 0.717) is 11.7 Å². The Balaban J connectivity index is 1.93. The van der Waals surface area contributed by atoms with Gasteiger partial charge in [0.1, 0.15) is 11.5 Å². The lowest BCUT2D eigenvalue weighted by atomic mass is 9.98. The van der Waals surface area contributed by atoms with Crippen molar-refractivity contribution in [3.8, 4) is 5.75 Å². The molecule has 0 aliphatic rings. The van der Waals surface area contributed by atoms with Crippen molar-refractivity contribution >= 4 is 23.0 Å². The quantitative estimate of drug-likeness (QED) is 0.332. The molecule has 5 heteroatoms. The lowest BCUT2D eigenvalue weighted by molar-refractivity contribution is 0.284. The van der Waals surface area contributed by atoms with E-state index >= 15 is 0 Å². The summed E-state index contributed by atoms with van der Waals surface area (Å²) in [7, 11) is 1.67. The number of ether oxygens (including phenoxy) is 1. The number of hydrogen-bond donors (Lipinski definition) is 1. The van der Waals surface area contributed by atoms with Crippen LogP contribution in [0.1, 0.15) is 36.3 Å². The van der Waals surface area contributed by atoms with Gasteiger partial charge >= 0.3 is 0 Å². The maximum absolute atomic E-state index is 5.86. The summed E-state index contributed by atoms with van der Waals surface area (Å²) in [6.07, 6.45) is 2.45. The minimum atomic E-state index is 0.00366. The van der Waals surface area contributed by atoms with Gasteiger partial charge < -0.3 is 19.4 Å². The molecule has 1 N–H and O–H groups in total. The van der Waals surface area contributed by atoms with Crippen molar-refractivity contribution in [2.75, 3.05) is 12.4 Å². The van der Waals surface area contributed by atoms with E-state index in [9.17, 15) is 0 Å². The average Bonchev–Trinajstić information content (AvgIpc) is 3.25. The maximum Gasteiger partial charge on any atom is 0.174 e. The van der Waals surface area contributed by atoms with E-state index in [2.05, 4.69) is 48.0 Å². The van der Waals surface area contributed by atoms with Crippen LogP contribution in [0, 0.1) is 6.92 Å². The molecule has 2 aromatic carbocycles. The zero-order valence-corrected chi connectivity index (χ0v) is 18.5. The van der Waals surface area contributed by atoms with Crippen LogP contribution in [0.4, 0.5) is 5.69 Å². The summed E-state index contributed by atoms with van der Waals surface area (Å²) in [5, 5.41) is 4.03. The topological polar surface area (TPSA) is 37.6 Å². The summed E-state index contributed by atoms with van der Waals surface area (Å²) < 4.78 is 11.0. The first-order valence-corrected chi connectivity index (χ1v) is 10.3. The number of anilines is 1. The van der Waals surface area contributed by atoms with E-state index in [1.54, 1.807) is 13.4 Å². The maximum atomic E-state index is 5.86. The Bertz CT molecular complexity index is 963. The minimum Gasteiger partial charge on any atom is -0.497 e. The molecule has 1 unspecified atom stereocenters. The molecule has 0 aliphatic carbocycles.